The Bertz CT molecular complexity index is 1030. The van der Waals surface area contributed by atoms with Crippen molar-refractivity contribution >= 4 is 11.9 Å². The van der Waals surface area contributed by atoms with Gasteiger partial charge in [0, 0.05) is 37.0 Å². The first kappa shape index (κ1) is 16.5. The summed E-state index contributed by atoms with van der Waals surface area (Å²) in [6, 6.07) is 9.06. The summed E-state index contributed by atoms with van der Waals surface area (Å²) in [4.78, 5) is 28.7. The number of aryl methyl sites for hydroxylation is 1. The fourth-order valence-corrected chi connectivity index (χ4v) is 2.31. The molecular weight excluding hydrogens is 348 g/mol. The zero-order valence-electron chi connectivity index (χ0n) is 14.0. The molecule has 134 valence electrons. The number of H-pyrrole nitrogens is 1. The number of amides is 1. The number of hydrogen-bond donors (Lipinski definition) is 2. The van der Waals surface area contributed by atoms with Gasteiger partial charge in [-0.15, -0.1) is 5.10 Å². The molecule has 0 atom stereocenters. The number of nitrogens with one attached hydrogen (secondary N) is 2. The number of anilines is 1. The quantitative estimate of drug-likeness (QED) is 0.531. The van der Waals surface area contributed by atoms with Crippen LogP contribution < -0.4 is 5.32 Å². The SMILES string of the molecule is O=C(CCc1nc(-c2cccnc2)no1)Nc1n[nH]c(-c2ccccn2)n1. The van der Waals surface area contributed by atoms with Crippen molar-refractivity contribution in [2.75, 3.05) is 5.32 Å². The Labute approximate surface area is 153 Å². The van der Waals surface area contributed by atoms with Gasteiger partial charge < -0.3 is 4.52 Å². The van der Waals surface area contributed by atoms with E-state index in [-0.39, 0.29) is 18.3 Å². The Hall–Kier alpha value is -3.95. The standard InChI is InChI=1S/C17H14N8O2/c26-13(20-17-22-16(23-24-17)12-5-1-2-9-19-12)6-7-14-21-15(25-27-14)11-4-3-8-18-10-11/h1-5,8-10H,6-7H2,(H2,20,22,23,24,26). The summed E-state index contributed by atoms with van der Waals surface area (Å²) < 4.78 is 5.17. The van der Waals surface area contributed by atoms with Crippen LogP contribution in [0.1, 0.15) is 12.3 Å². The van der Waals surface area contributed by atoms with Crippen molar-refractivity contribution in [1.82, 2.24) is 35.3 Å². The first-order valence-corrected chi connectivity index (χ1v) is 8.14. The molecule has 0 saturated carbocycles. The molecule has 4 heterocycles. The van der Waals surface area contributed by atoms with Gasteiger partial charge >= 0.3 is 0 Å². The molecule has 27 heavy (non-hydrogen) atoms. The summed E-state index contributed by atoms with van der Waals surface area (Å²) >= 11 is 0. The number of carbonyl (C=O) groups is 1. The molecular formula is C17H14N8O2. The van der Waals surface area contributed by atoms with Gasteiger partial charge in [0.1, 0.15) is 5.69 Å². The van der Waals surface area contributed by atoms with Gasteiger partial charge in [0.05, 0.1) is 0 Å². The van der Waals surface area contributed by atoms with E-state index in [1.54, 1.807) is 36.8 Å². The van der Waals surface area contributed by atoms with Crippen LogP contribution in [0.25, 0.3) is 22.9 Å². The molecule has 0 bridgehead atoms. The van der Waals surface area contributed by atoms with Gasteiger partial charge in [-0.05, 0) is 24.3 Å². The summed E-state index contributed by atoms with van der Waals surface area (Å²) in [5.41, 5.74) is 1.39. The highest BCUT2D eigenvalue weighted by Crippen LogP contribution is 2.15. The highest BCUT2D eigenvalue weighted by molar-refractivity contribution is 5.89. The van der Waals surface area contributed by atoms with Crippen molar-refractivity contribution in [3.63, 3.8) is 0 Å². The molecule has 1 amide bonds. The third-order valence-corrected chi connectivity index (χ3v) is 3.60. The maximum absolute atomic E-state index is 12.1. The third-order valence-electron chi connectivity index (χ3n) is 3.60. The fourth-order valence-electron chi connectivity index (χ4n) is 2.31. The predicted molar refractivity (Wildman–Crippen MR) is 94.1 cm³/mol. The van der Waals surface area contributed by atoms with Crippen molar-refractivity contribution in [3.8, 4) is 22.9 Å². The number of aromatic amines is 1. The predicted octanol–water partition coefficient (Wildman–Crippen LogP) is 1.88. The van der Waals surface area contributed by atoms with E-state index in [1.807, 2.05) is 12.1 Å². The zero-order chi connectivity index (χ0) is 18.5. The summed E-state index contributed by atoms with van der Waals surface area (Å²) in [7, 11) is 0. The molecule has 0 aliphatic rings. The fraction of sp³-hybridized carbons (Fsp3) is 0.118. The van der Waals surface area contributed by atoms with Crippen LogP contribution in [0, 0.1) is 0 Å². The Morgan fingerprint density at radius 2 is 2.11 bits per heavy atom. The highest BCUT2D eigenvalue weighted by Gasteiger charge is 2.13. The molecule has 0 saturated heterocycles. The minimum Gasteiger partial charge on any atom is -0.339 e. The van der Waals surface area contributed by atoms with E-state index in [4.69, 9.17) is 4.52 Å². The molecule has 0 radical (unpaired) electrons. The first-order chi connectivity index (χ1) is 13.3. The summed E-state index contributed by atoms with van der Waals surface area (Å²) in [5, 5.41) is 13.2. The third kappa shape index (κ3) is 4.00. The van der Waals surface area contributed by atoms with Crippen molar-refractivity contribution in [1.29, 1.82) is 0 Å². The van der Waals surface area contributed by atoms with Crippen molar-refractivity contribution in [3.05, 3.63) is 54.8 Å². The maximum atomic E-state index is 12.1. The van der Waals surface area contributed by atoms with E-state index < -0.39 is 0 Å². The maximum Gasteiger partial charge on any atom is 0.249 e. The lowest BCUT2D eigenvalue weighted by Gasteiger charge is -1.98. The molecule has 0 aliphatic carbocycles. The van der Waals surface area contributed by atoms with E-state index in [0.29, 0.717) is 29.7 Å². The first-order valence-electron chi connectivity index (χ1n) is 8.14. The average molecular weight is 362 g/mol. The molecule has 10 heteroatoms. The molecule has 0 unspecified atom stereocenters. The van der Waals surface area contributed by atoms with Crippen molar-refractivity contribution in [2.24, 2.45) is 0 Å². The Kier molecular flexibility index (Phi) is 4.60. The minimum atomic E-state index is -0.261. The molecule has 4 aromatic heterocycles. The molecule has 0 fully saturated rings. The molecule has 4 aromatic rings. The van der Waals surface area contributed by atoms with Gasteiger partial charge in [0.15, 0.2) is 5.82 Å². The zero-order valence-corrected chi connectivity index (χ0v) is 14.0. The Morgan fingerprint density at radius 3 is 2.93 bits per heavy atom. The second kappa shape index (κ2) is 7.52. The minimum absolute atomic E-state index is 0.155. The van der Waals surface area contributed by atoms with Gasteiger partial charge in [0.2, 0.25) is 23.6 Å². The van der Waals surface area contributed by atoms with Gasteiger partial charge in [-0.1, -0.05) is 11.2 Å². The van der Waals surface area contributed by atoms with E-state index in [1.165, 1.54) is 0 Å². The average Bonchev–Trinajstić information content (AvgIpc) is 3.37. The highest BCUT2D eigenvalue weighted by atomic mass is 16.5. The van der Waals surface area contributed by atoms with Crippen molar-refractivity contribution < 1.29 is 9.32 Å². The largest absolute Gasteiger partial charge is 0.339 e. The Morgan fingerprint density at radius 1 is 1.15 bits per heavy atom. The van der Waals surface area contributed by atoms with E-state index in [2.05, 4.69) is 40.6 Å². The van der Waals surface area contributed by atoms with E-state index >= 15 is 0 Å². The smallest absolute Gasteiger partial charge is 0.249 e. The summed E-state index contributed by atoms with van der Waals surface area (Å²) in [6.07, 6.45) is 5.42. The van der Waals surface area contributed by atoms with Crippen LogP contribution in [-0.2, 0) is 11.2 Å². The lowest BCUT2D eigenvalue weighted by Crippen LogP contribution is -2.13. The normalized spacial score (nSPS) is 10.7. The van der Waals surface area contributed by atoms with Crippen molar-refractivity contribution in [2.45, 2.75) is 12.8 Å². The van der Waals surface area contributed by atoms with Gasteiger partial charge in [-0.25, -0.2) is 0 Å². The Balaban J connectivity index is 1.33. The van der Waals surface area contributed by atoms with Gasteiger partial charge in [0.25, 0.3) is 0 Å². The lowest BCUT2D eigenvalue weighted by atomic mass is 10.2. The monoisotopic (exact) mass is 362 g/mol. The van der Waals surface area contributed by atoms with E-state index in [0.717, 1.165) is 5.56 Å². The summed E-state index contributed by atoms with van der Waals surface area (Å²) in [6.45, 7) is 0. The van der Waals surface area contributed by atoms with Crippen LogP contribution in [0.2, 0.25) is 0 Å². The van der Waals surface area contributed by atoms with Crippen LogP contribution >= 0.6 is 0 Å². The summed E-state index contributed by atoms with van der Waals surface area (Å²) in [5.74, 6) is 1.20. The van der Waals surface area contributed by atoms with Crippen LogP contribution in [0.5, 0.6) is 0 Å². The lowest BCUT2D eigenvalue weighted by molar-refractivity contribution is -0.116. The van der Waals surface area contributed by atoms with Gasteiger partial charge in [-0.3, -0.25) is 25.2 Å². The number of aromatic nitrogens is 7. The van der Waals surface area contributed by atoms with E-state index in [9.17, 15) is 4.79 Å². The van der Waals surface area contributed by atoms with Crippen LogP contribution in [0.3, 0.4) is 0 Å². The molecule has 4 rings (SSSR count). The molecule has 0 spiro atoms. The molecule has 10 nitrogen and oxygen atoms in total. The number of rotatable bonds is 6. The molecule has 0 aliphatic heterocycles. The second-order valence-corrected chi connectivity index (χ2v) is 5.52. The number of pyridine rings is 2. The second-order valence-electron chi connectivity index (χ2n) is 5.52. The number of carbonyl (C=O) groups excluding carboxylic acids is 1. The van der Waals surface area contributed by atoms with Crippen LogP contribution in [0.4, 0.5) is 5.95 Å². The van der Waals surface area contributed by atoms with Crippen LogP contribution in [0.15, 0.2) is 53.4 Å². The topological polar surface area (TPSA) is 135 Å². The number of hydrogen-bond acceptors (Lipinski definition) is 8. The molecule has 0 aromatic carbocycles. The van der Waals surface area contributed by atoms with Gasteiger partial charge in [-0.2, -0.15) is 9.97 Å². The van der Waals surface area contributed by atoms with Crippen LogP contribution in [-0.4, -0.2) is 41.2 Å². The molecule has 2 N–H and O–H groups in total. The number of nitrogens with zero attached hydrogens (tertiary/aromatic N) is 6.